The first-order valence-corrected chi connectivity index (χ1v) is 34.2. The standard InChI is InChI=1S/C13H21FN2O4.C12H19FN2O4.C12H19FN2O3.C12H20N2O5.C11H18N2O4.C10H16N2O4/c1-8(14)10-9(6-18-4)20-16-11(10)12(17)15-7-13(2,3)19-5;1-7(18-4)5-14-12(16)11-10(8(2)13)9(6-17-3)19-15-11;1-7(2)5-14-12(16)11-10(8(3)13)9(6-17-4)18-15-11;1-7(18-4)5-13-12(16)11-10(8(2)15)9(6-17-3)19-14-11;1-11(2,16-4)7-12-10(14)9-5-8(6-15-3)17-13-9;1-7(15-3)5-11-10(13)9-4-8(6-14-2)16-12-9/h8H,6-7H2,1-5H3,(H,15,17);7-8H,5-6H2,1-4H3,(H,14,16);7-8H,5-6H2,1-4H3,(H,14,16);7-8,15H,5-6H2,1-4H3,(H,13,16);5H,6-7H2,1-4H3,(H,12,14);4,7H,5-6H2,1-3H3,(H,11,13). The second-order valence-corrected chi connectivity index (χ2v) is 25.6. The monoisotopic (exact) mass is 1560 g/mol. The zero-order valence-electron chi connectivity index (χ0n) is 66.9. The summed E-state index contributed by atoms with van der Waals surface area (Å²) in [6.07, 6.45) is -5.21. The van der Waals surface area contributed by atoms with Crippen LogP contribution in [0.15, 0.2) is 39.3 Å². The summed E-state index contributed by atoms with van der Waals surface area (Å²) in [5.74, 6) is -0.000893. The fourth-order valence-corrected chi connectivity index (χ4v) is 8.35. The summed E-state index contributed by atoms with van der Waals surface area (Å²) >= 11 is 0. The van der Waals surface area contributed by atoms with Gasteiger partial charge < -0.3 is 116 Å². The Labute approximate surface area is 632 Å². The summed E-state index contributed by atoms with van der Waals surface area (Å²) in [7, 11) is 16.8. The van der Waals surface area contributed by atoms with E-state index in [1.165, 1.54) is 49.2 Å². The Bertz CT molecular complexity index is 3510. The molecule has 7 N–H and O–H groups in total. The highest BCUT2D eigenvalue weighted by atomic mass is 19.1. The smallest absolute Gasteiger partial charge is 0.273 e. The zero-order chi connectivity index (χ0) is 82.7. The Hall–Kier alpha value is -8.61. The average Bonchev–Trinajstić information content (AvgIpc) is 1.70. The maximum absolute atomic E-state index is 13.7. The normalized spacial score (nSPS) is 13.1. The van der Waals surface area contributed by atoms with Crippen molar-refractivity contribution < 1.29 is 126 Å². The third-order valence-electron chi connectivity index (χ3n) is 14.9. The molecular formula is C70H113F3N12O24. The molecule has 0 aromatic carbocycles. The van der Waals surface area contributed by atoms with Crippen LogP contribution in [0, 0.1) is 5.92 Å². The van der Waals surface area contributed by atoms with Crippen LogP contribution in [-0.4, -0.2) is 218 Å². The molecule has 6 amide bonds. The van der Waals surface area contributed by atoms with Gasteiger partial charge in [0.25, 0.3) is 35.4 Å². The number of aliphatic hydroxyl groups excluding tert-OH is 1. The van der Waals surface area contributed by atoms with Gasteiger partial charge in [0.05, 0.1) is 57.9 Å². The molecule has 0 spiro atoms. The Morgan fingerprint density at radius 1 is 0.376 bits per heavy atom. The number of aliphatic hydroxyl groups is 1. The van der Waals surface area contributed by atoms with Gasteiger partial charge in [-0.1, -0.05) is 44.8 Å². The van der Waals surface area contributed by atoms with Gasteiger partial charge in [-0.25, -0.2) is 13.2 Å². The lowest BCUT2D eigenvalue weighted by Gasteiger charge is -2.22. The molecular weight excluding hydrogens is 1450 g/mol. The van der Waals surface area contributed by atoms with Crippen molar-refractivity contribution in [2.75, 3.05) is 117 Å². The first kappa shape index (κ1) is 98.4. The van der Waals surface area contributed by atoms with E-state index in [0.717, 1.165) is 0 Å². The molecule has 0 aliphatic rings. The number of nitrogens with one attached hydrogen (secondary N) is 6. The molecule has 0 saturated heterocycles. The molecule has 0 bridgehead atoms. The van der Waals surface area contributed by atoms with E-state index >= 15 is 0 Å². The van der Waals surface area contributed by atoms with E-state index in [0.29, 0.717) is 74.7 Å². The van der Waals surface area contributed by atoms with Crippen molar-refractivity contribution in [2.24, 2.45) is 5.92 Å². The van der Waals surface area contributed by atoms with Crippen molar-refractivity contribution in [3.63, 3.8) is 0 Å². The molecule has 7 atom stereocenters. The van der Waals surface area contributed by atoms with Crippen LogP contribution in [0.4, 0.5) is 13.2 Å². The Kier molecular flexibility index (Phi) is 46.7. The van der Waals surface area contributed by atoms with Crippen LogP contribution in [0.25, 0.3) is 0 Å². The maximum Gasteiger partial charge on any atom is 0.273 e. The molecule has 6 rings (SSSR count). The molecule has 0 saturated carbocycles. The fraction of sp³-hybridized carbons (Fsp3) is 0.657. The Morgan fingerprint density at radius 2 is 0.633 bits per heavy atom. The zero-order valence-corrected chi connectivity index (χ0v) is 66.9. The van der Waals surface area contributed by atoms with Crippen LogP contribution in [0.3, 0.4) is 0 Å². The number of hydrogen-bond donors (Lipinski definition) is 7. The van der Waals surface area contributed by atoms with Crippen LogP contribution in [0.2, 0.25) is 0 Å². The molecule has 109 heavy (non-hydrogen) atoms. The van der Waals surface area contributed by atoms with Gasteiger partial charge in [0.15, 0.2) is 68.7 Å². The number of methoxy groups -OCH3 is 11. The highest BCUT2D eigenvalue weighted by molar-refractivity contribution is 5.96. The molecule has 0 radical (unpaired) electrons. The van der Waals surface area contributed by atoms with Gasteiger partial charge in [0.1, 0.15) is 58.2 Å². The van der Waals surface area contributed by atoms with E-state index in [4.69, 9.17) is 79.2 Å². The summed E-state index contributed by atoms with van der Waals surface area (Å²) in [5, 5.41) is 47.6. The van der Waals surface area contributed by atoms with Gasteiger partial charge in [-0.05, 0) is 82.1 Å². The van der Waals surface area contributed by atoms with Crippen molar-refractivity contribution in [3.05, 3.63) is 103 Å². The molecule has 6 aromatic rings. The second kappa shape index (κ2) is 51.7. The summed E-state index contributed by atoms with van der Waals surface area (Å²) in [5.41, 5.74) is 0.295. The molecule has 6 heterocycles. The molecule has 6 aromatic heterocycles. The molecule has 618 valence electrons. The molecule has 0 fully saturated rings. The van der Waals surface area contributed by atoms with E-state index in [1.807, 2.05) is 55.4 Å². The number of rotatable bonds is 39. The molecule has 39 heteroatoms. The first-order valence-electron chi connectivity index (χ1n) is 34.2. The number of aromatic nitrogens is 6. The highest BCUT2D eigenvalue weighted by Gasteiger charge is 2.31. The lowest BCUT2D eigenvalue weighted by molar-refractivity contribution is 0.0227. The first-order chi connectivity index (χ1) is 51.5. The number of ether oxygens (including phenoxy) is 11. The number of carbonyl (C=O) groups is 6. The van der Waals surface area contributed by atoms with Crippen LogP contribution in [-0.2, 0) is 91.7 Å². The van der Waals surface area contributed by atoms with Crippen LogP contribution in [0.5, 0.6) is 0 Å². The van der Waals surface area contributed by atoms with Gasteiger partial charge >= 0.3 is 0 Å². The lowest BCUT2D eigenvalue weighted by Crippen LogP contribution is -2.40. The van der Waals surface area contributed by atoms with Gasteiger partial charge in [-0.2, -0.15) is 0 Å². The predicted octanol–water partition coefficient (Wildman–Crippen LogP) is 8.06. The topological polar surface area (TPSA) is 453 Å². The number of halogens is 3. The third kappa shape index (κ3) is 35.3. The van der Waals surface area contributed by atoms with Crippen LogP contribution in [0.1, 0.15) is 234 Å². The van der Waals surface area contributed by atoms with Gasteiger partial charge in [0, 0.05) is 130 Å². The summed E-state index contributed by atoms with van der Waals surface area (Å²) in [6.45, 7) is 25.6. The number of hydrogen-bond acceptors (Lipinski definition) is 30. The molecule has 0 aliphatic heterocycles. The molecule has 36 nitrogen and oxygen atoms in total. The Balaban J connectivity index is 0.000000655. The van der Waals surface area contributed by atoms with Crippen molar-refractivity contribution >= 4 is 35.4 Å². The lowest BCUT2D eigenvalue weighted by atomic mass is 10.1. The van der Waals surface area contributed by atoms with Crippen LogP contribution < -0.4 is 31.9 Å². The molecule has 0 aliphatic carbocycles. The third-order valence-corrected chi connectivity index (χ3v) is 14.9. The van der Waals surface area contributed by atoms with Gasteiger partial charge in [0.2, 0.25) is 0 Å². The van der Waals surface area contributed by atoms with Crippen molar-refractivity contribution in [1.29, 1.82) is 0 Å². The number of carbonyl (C=O) groups excluding carboxylic acids is 6. The maximum atomic E-state index is 13.7. The van der Waals surface area contributed by atoms with Crippen molar-refractivity contribution in [3.8, 4) is 0 Å². The second-order valence-electron chi connectivity index (χ2n) is 25.6. The van der Waals surface area contributed by atoms with E-state index in [-0.39, 0.29) is 131 Å². The number of nitrogens with zero attached hydrogens (tertiary/aromatic N) is 6. The van der Waals surface area contributed by atoms with Crippen LogP contribution >= 0.6 is 0 Å². The number of alkyl halides is 3. The van der Waals surface area contributed by atoms with Crippen molar-refractivity contribution in [2.45, 2.75) is 184 Å². The molecule has 7 unspecified atom stereocenters. The minimum atomic E-state index is -1.37. The van der Waals surface area contributed by atoms with Gasteiger partial charge in [-0.3, -0.25) is 28.8 Å². The van der Waals surface area contributed by atoms with E-state index in [9.17, 15) is 47.0 Å². The summed E-state index contributed by atoms with van der Waals surface area (Å²) in [4.78, 5) is 71.0. The van der Waals surface area contributed by atoms with E-state index in [1.54, 1.807) is 75.7 Å². The highest BCUT2D eigenvalue weighted by Crippen LogP contribution is 2.29. The summed E-state index contributed by atoms with van der Waals surface area (Å²) < 4.78 is 125. The largest absolute Gasteiger partial charge is 0.388 e. The minimum Gasteiger partial charge on any atom is -0.388 e. The van der Waals surface area contributed by atoms with Gasteiger partial charge in [-0.15, -0.1) is 0 Å². The van der Waals surface area contributed by atoms with Crippen molar-refractivity contribution in [1.82, 2.24) is 62.8 Å². The minimum absolute atomic E-state index is 0.00213. The van der Waals surface area contributed by atoms with E-state index < -0.39 is 59.4 Å². The number of amides is 6. The quantitative estimate of drug-likeness (QED) is 0.0192. The average molecular weight is 1560 g/mol. The summed E-state index contributed by atoms with van der Waals surface area (Å²) in [6, 6.07) is 3.11. The van der Waals surface area contributed by atoms with E-state index in [2.05, 4.69) is 62.8 Å². The SMILES string of the molecule is COCc1cc(C(=O)NCC(C)(C)OC)no1.COCc1cc(C(=O)NCC(C)OC)no1.COCc1onc(C(=O)NCC(C)(C)OC)c1C(C)F.COCc1onc(C(=O)NCC(C)C)c1C(C)F.COCc1onc(C(=O)NCC(C)OC)c1C(C)F.COCc1onc(C(=O)NCC(C)OC)c1C(C)O. The Morgan fingerprint density at radius 3 is 0.899 bits per heavy atom. The predicted molar refractivity (Wildman–Crippen MR) is 383 cm³/mol. The fourth-order valence-electron chi connectivity index (χ4n) is 8.35.